The summed E-state index contributed by atoms with van der Waals surface area (Å²) in [6.07, 6.45) is 0. The minimum absolute atomic E-state index is 0.705. The molecule has 0 N–H and O–H groups in total. The van der Waals surface area contributed by atoms with Crippen LogP contribution in [0.1, 0.15) is 45.3 Å². The molecular weight excluding hydrogens is 685 g/mol. The number of aromatic nitrogens is 6. The molecule has 56 heavy (non-hydrogen) atoms. The number of aryl methyl sites for hydroxylation is 8. The predicted octanol–water partition coefficient (Wildman–Crippen LogP) is 12.2. The Kier molecular flexibility index (Phi) is 12.6. The van der Waals surface area contributed by atoms with Gasteiger partial charge in [-0.3, -0.25) is 0 Å². The molecule has 2 heterocycles. The van der Waals surface area contributed by atoms with Crippen molar-refractivity contribution in [2.75, 3.05) is 0 Å². The van der Waals surface area contributed by atoms with E-state index >= 15 is 0 Å². The highest BCUT2D eigenvalue weighted by molar-refractivity contribution is 5.69. The number of hydrogen-bond acceptors (Lipinski definition) is 6. The summed E-state index contributed by atoms with van der Waals surface area (Å²) in [7, 11) is 0. The molecule has 0 aliphatic rings. The zero-order valence-electron chi connectivity index (χ0n) is 33.5. The van der Waals surface area contributed by atoms with E-state index in [1.54, 1.807) is 0 Å². The molecule has 0 amide bonds. The van der Waals surface area contributed by atoms with Gasteiger partial charge in [0.1, 0.15) is 17.5 Å². The van der Waals surface area contributed by atoms with E-state index in [-0.39, 0.29) is 0 Å². The topological polar surface area (TPSA) is 77.3 Å². The van der Waals surface area contributed by atoms with Crippen LogP contribution in [0.25, 0.3) is 56.4 Å². The molecule has 6 nitrogen and oxygen atoms in total. The quantitative estimate of drug-likeness (QED) is 0.175. The fourth-order valence-corrected chi connectivity index (χ4v) is 6.68. The van der Waals surface area contributed by atoms with Gasteiger partial charge in [0, 0.05) is 16.7 Å². The maximum atomic E-state index is 4.74. The maximum absolute atomic E-state index is 4.74. The summed E-state index contributed by atoms with van der Waals surface area (Å²) in [6, 6.07) is 50.3. The molecule has 8 aromatic rings. The van der Waals surface area contributed by atoms with Crippen LogP contribution in [0.5, 0.6) is 0 Å². The van der Waals surface area contributed by atoms with Gasteiger partial charge in [-0.2, -0.15) is 0 Å². The Morgan fingerprint density at radius 2 is 0.500 bits per heavy atom. The van der Waals surface area contributed by atoms with Crippen molar-refractivity contribution in [2.24, 2.45) is 0 Å². The Bertz CT molecular complexity index is 2440. The molecule has 6 heteroatoms. The van der Waals surface area contributed by atoms with Gasteiger partial charge in [-0.05, 0) is 89.8 Å². The maximum Gasteiger partial charge on any atom is 0.163 e. The zero-order valence-corrected chi connectivity index (χ0v) is 33.5. The van der Waals surface area contributed by atoms with Crippen LogP contribution in [-0.4, -0.2) is 29.9 Å². The molecule has 2 aromatic heterocycles. The number of benzene rings is 6. The molecule has 0 aliphatic carbocycles. The van der Waals surface area contributed by atoms with Crippen LogP contribution >= 0.6 is 0 Å². The fraction of sp³-hybridized carbons (Fsp3) is 0.160. The standard InChI is InChI=1S/C24H21N3.C17H15N3.C9H12/c1-16-13-17(2)15-22(14-16)24-26-18(3)25-23(27-24)21-11-9-20(10-12-21)19-7-5-4-6-8-19;1-12-18-13(2)20-17(19-12)16-10-8-15(9-11-16)14-6-4-3-5-7-14;1-7-4-8(2)6-9(3)5-7/h4-15H,1-3H3;3-11H,1-2H3;4-6H,1-3H3. The van der Waals surface area contributed by atoms with Crippen molar-refractivity contribution in [3.8, 4) is 56.4 Å². The average Bonchev–Trinajstić information content (AvgIpc) is 3.18. The van der Waals surface area contributed by atoms with Crippen molar-refractivity contribution in [1.29, 1.82) is 0 Å². The Morgan fingerprint density at radius 1 is 0.232 bits per heavy atom. The Labute approximate surface area is 331 Å². The van der Waals surface area contributed by atoms with Crippen LogP contribution in [0.2, 0.25) is 0 Å². The molecule has 0 spiro atoms. The van der Waals surface area contributed by atoms with E-state index in [9.17, 15) is 0 Å². The summed E-state index contributed by atoms with van der Waals surface area (Å²) < 4.78 is 0. The van der Waals surface area contributed by atoms with Crippen LogP contribution < -0.4 is 0 Å². The van der Waals surface area contributed by atoms with Crippen LogP contribution in [0.4, 0.5) is 0 Å². The SMILES string of the molecule is Cc1cc(C)cc(-c2nc(C)nc(-c3ccc(-c4ccccc4)cc3)n2)c1.Cc1cc(C)cc(C)c1.Cc1nc(C)nc(-c2ccc(-c3ccccc3)cc2)n1. The highest BCUT2D eigenvalue weighted by Gasteiger charge is 2.10. The highest BCUT2D eigenvalue weighted by Crippen LogP contribution is 2.26. The van der Waals surface area contributed by atoms with Crippen LogP contribution in [0, 0.1) is 55.4 Å². The first-order valence-electron chi connectivity index (χ1n) is 18.9. The zero-order chi connectivity index (χ0) is 39.6. The van der Waals surface area contributed by atoms with Gasteiger partial charge in [0.15, 0.2) is 17.5 Å². The van der Waals surface area contributed by atoms with E-state index in [2.05, 4.69) is 181 Å². The van der Waals surface area contributed by atoms with Gasteiger partial charge in [0.05, 0.1) is 0 Å². The molecule has 0 radical (unpaired) electrons. The fourth-order valence-electron chi connectivity index (χ4n) is 6.68. The molecule has 6 aromatic carbocycles. The van der Waals surface area contributed by atoms with Gasteiger partial charge in [-0.1, -0.05) is 161 Å². The van der Waals surface area contributed by atoms with Gasteiger partial charge < -0.3 is 0 Å². The third-order valence-electron chi connectivity index (χ3n) is 8.95. The summed E-state index contributed by atoms with van der Waals surface area (Å²) in [5, 5.41) is 0. The second-order valence-electron chi connectivity index (χ2n) is 14.2. The second kappa shape index (κ2) is 18.1. The van der Waals surface area contributed by atoms with E-state index in [1.165, 1.54) is 50.1 Å². The van der Waals surface area contributed by atoms with Crippen molar-refractivity contribution < 1.29 is 0 Å². The summed E-state index contributed by atoms with van der Waals surface area (Å²) >= 11 is 0. The lowest BCUT2D eigenvalue weighted by Gasteiger charge is -2.08. The van der Waals surface area contributed by atoms with E-state index < -0.39 is 0 Å². The molecule has 0 saturated heterocycles. The van der Waals surface area contributed by atoms with Crippen LogP contribution in [0.3, 0.4) is 0 Å². The van der Waals surface area contributed by atoms with Crippen molar-refractivity contribution in [3.63, 3.8) is 0 Å². The molecule has 0 saturated carbocycles. The third kappa shape index (κ3) is 10.7. The first-order valence-corrected chi connectivity index (χ1v) is 18.9. The molecule has 0 atom stereocenters. The van der Waals surface area contributed by atoms with Gasteiger partial charge in [0.2, 0.25) is 0 Å². The van der Waals surface area contributed by atoms with Gasteiger partial charge in [-0.25, -0.2) is 29.9 Å². The van der Waals surface area contributed by atoms with E-state index in [0.29, 0.717) is 5.82 Å². The minimum Gasteiger partial charge on any atom is -0.219 e. The normalized spacial score (nSPS) is 10.5. The van der Waals surface area contributed by atoms with Crippen molar-refractivity contribution in [1.82, 2.24) is 29.9 Å². The third-order valence-corrected chi connectivity index (χ3v) is 8.95. The number of nitrogens with zero attached hydrogens (tertiary/aromatic N) is 6. The average molecular weight is 733 g/mol. The molecule has 0 fully saturated rings. The molecule has 0 bridgehead atoms. The molecule has 0 aliphatic heterocycles. The summed E-state index contributed by atoms with van der Waals surface area (Å²) in [5.41, 5.74) is 14.3. The minimum atomic E-state index is 0.705. The highest BCUT2D eigenvalue weighted by atomic mass is 15.0. The molecular formula is C50H48N6. The molecule has 8 rings (SSSR count). The van der Waals surface area contributed by atoms with Crippen molar-refractivity contribution in [3.05, 3.63) is 191 Å². The van der Waals surface area contributed by atoms with E-state index in [0.717, 1.165) is 45.8 Å². The van der Waals surface area contributed by atoms with Crippen LogP contribution in [-0.2, 0) is 0 Å². The van der Waals surface area contributed by atoms with Crippen molar-refractivity contribution >= 4 is 0 Å². The van der Waals surface area contributed by atoms with Gasteiger partial charge >= 0.3 is 0 Å². The second-order valence-corrected chi connectivity index (χ2v) is 14.2. The first kappa shape index (κ1) is 39.0. The lowest BCUT2D eigenvalue weighted by atomic mass is 10.0. The van der Waals surface area contributed by atoms with Crippen molar-refractivity contribution in [2.45, 2.75) is 55.4 Å². The first-order chi connectivity index (χ1) is 27.0. The molecule has 0 unspecified atom stereocenters. The van der Waals surface area contributed by atoms with Gasteiger partial charge in [0.25, 0.3) is 0 Å². The Morgan fingerprint density at radius 3 is 0.875 bits per heavy atom. The summed E-state index contributed by atoms with van der Waals surface area (Å²) in [4.78, 5) is 26.8. The molecule has 278 valence electrons. The van der Waals surface area contributed by atoms with Crippen LogP contribution in [0.15, 0.2) is 146 Å². The largest absolute Gasteiger partial charge is 0.219 e. The lowest BCUT2D eigenvalue weighted by Crippen LogP contribution is -2.00. The monoisotopic (exact) mass is 732 g/mol. The predicted molar refractivity (Wildman–Crippen MR) is 231 cm³/mol. The summed E-state index contributed by atoms with van der Waals surface area (Å²) in [6.45, 7) is 16.2. The van der Waals surface area contributed by atoms with E-state index in [1.807, 2.05) is 45.0 Å². The Balaban J connectivity index is 0.000000160. The number of hydrogen-bond donors (Lipinski definition) is 0. The van der Waals surface area contributed by atoms with E-state index in [4.69, 9.17) is 4.98 Å². The van der Waals surface area contributed by atoms with Gasteiger partial charge in [-0.15, -0.1) is 0 Å². The summed E-state index contributed by atoms with van der Waals surface area (Å²) in [5.74, 6) is 4.38. The lowest BCUT2D eigenvalue weighted by molar-refractivity contribution is 0.928. The smallest absolute Gasteiger partial charge is 0.163 e. The number of rotatable bonds is 5. The Hall–Kier alpha value is -6.66.